The summed E-state index contributed by atoms with van der Waals surface area (Å²) < 4.78 is 1.94. The van der Waals surface area contributed by atoms with Crippen LogP contribution in [0.25, 0.3) is 0 Å². The third kappa shape index (κ3) is 3.34. The van der Waals surface area contributed by atoms with Gasteiger partial charge in [-0.3, -0.25) is 4.68 Å². The van der Waals surface area contributed by atoms with Gasteiger partial charge in [0.2, 0.25) is 0 Å². The Kier molecular flexibility index (Phi) is 4.39. The number of hydrogen-bond acceptors (Lipinski definition) is 2. The zero-order chi connectivity index (χ0) is 13.0. The van der Waals surface area contributed by atoms with Crippen LogP contribution in [0, 0.1) is 0 Å². The van der Waals surface area contributed by atoms with Gasteiger partial charge in [-0.15, -0.1) is 0 Å². The van der Waals surface area contributed by atoms with Crippen LogP contribution in [0.2, 0.25) is 5.02 Å². The second kappa shape index (κ2) is 6.03. The third-order valence-electron chi connectivity index (χ3n) is 3.00. The van der Waals surface area contributed by atoms with Crippen molar-refractivity contribution in [3.8, 4) is 0 Å². The highest BCUT2D eigenvalue weighted by molar-refractivity contribution is 6.30. The van der Waals surface area contributed by atoms with Crippen LogP contribution >= 0.6 is 11.6 Å². The van der Waals surface area contributed by atoms with E-state index in [4.69, 9.17) is 11.6 Å². The van der Waals surface area contributed by atoms with Gasteiger partial charge in [0.15, 0.2) is 0 Å². The zero-order valence-electron chi connectivity index (χ0n) is 10.7. The summed E-state index contributed by atoms with van der Waals surface area (Å²) in [6.45, 7) is 5.97. The van der Waals surface area contributed by atoms with E-state index in [1.54, 1.807) is 0 Å². The molecule has 96 valence electrons. The van der Waals surface area contributed by atoms with E-state index in [1.807, 2.05) is 35.1 Å². The van der Waals surface area contributed by atoms with Crippen LogP contribution in [-0.4, -0.2) is 9.78 Å². The molecule has 1 heterocycles. The summed E-state index contributed by atoms with van der Waals surface area (Å²) in [5, 5.41) is 8.53. The van der Waals surface area contributed by atoms with Crippen LogP contribution in [-0.2, 0) is 13.1 Å². The molecule has 0 bridgehead atoms. The van der Waals surface area contributed by atoms with Gasteiger partial charge in [0, 0.05) is 35.9 Å². The smallest absolute Gasteiger partial charge is 0.0537 e. The van der Waals surface area contributed by atoms with Crippen molar-refractivity contribution in [2.24, 2.45) is 0 Å². The van der Waals surface area contributed by atoms with Crippen LogP contribution in [0.3, 0.4) is 0 Å². The number of benzene rings is 1. The summed E-state index contributed by atoms with van der Waals surface area (Å²) >= 11 is 5.86. The highest BCUT2D eigenvalue weighted by Gasteiger charge is 2.07. The molecule has 1 atom stereocenters. The lowest BCUT2D eigenvalue weighted by Crippen LogP contribution is -2.17. The highest BCUT2D eigenvalue weighted by atomic mass is 35.5. The molecule has 4 heteroatoms. The van der Waals surface area contributed by atoms with E-state index in [0.29, 0.717) is 6.04 Å². The van der Waals surface area contributed by atoms with Gasteiger partial charge >= 0.3 is 0 Å². The molecule has 1 aromatic heterocycles. The van der Waals surface area contributed by atoms with Gasteiger partial charge in [0.25, 0.3) is 0 Å². The molecular formula is C14H18ClN3. The van der Waals surface area contributed by atoms with Gasteiger partial charge in [-0.25, -0.2) is 0 Å². The molecule has 2 rings (SSSR count). The minimum absolute atomic E-state index is 0.293. The molecule has 0 fully saturated rings. The van der Waals surface area contributed by atoms with Gasteiger partial charge in [0.05, 0.1) is 6.20 Å². The van der Waals surface area contributed by atoms with Gasteiger partial charge in [-0.05, 0) is 31.5 Å². The fourth-order valence-corrected chi connectivity index (χ4v) is 1.89. The molecule has 0 spiro atoms. The Bertz CT molecular complexity index is 490. The molecule has 0 saturated carbocycles. The number of aromatic nitrogens is 2. The van der Waals surface area contributed by atoms with E-state index in [0.717, 1.165) is 18.1 Å². The molecule has 2 aromatic rings. The predicted octanol–water partition coefficient (Wildman–Crippen LogP) is 3.41. The van der Waals surface area contributed by atoms with Crippen molar-refractivity contribution in [2.75, 3.05) is 0 Å². The van der Waals surface area contributed by atoms with E-state index in [-0.39, 0.29) is 0 Å². The lowest BCUT2D eigenvalue weighted by atomic mass is 10.1. The summed E-state index contributed by atoms with van der Waals surface area (Å²) in [7, 11) is 0. The minimum atomic E-state index is 0.293. The minimum Gasteiger partial charge on any atom is -0.306 e. The number of hydrogen-bond donors (Lipinski definition) is 1. The molecule has 1 unspecified atom stereocenters. The van der Waals surface area contributed by atoms with Gasteiger partial charge in [-0.2, -0.15) is 5.10 Å². The lowest BCUT2D eigenvalue weighted by molar-refractivity contribution is 0.573. The molecule has 0 saturated heterocycles. The molecule has 18 heavy (non-hydrogen) atoms. The molecule has 0 aliphatic rings. The number of aryl methyl sites for hydroxylation is 1. The average molecular weight is 264 g/mol. The standard InChI is InChI=1S/C14H18ClN3/c1-3-18-10-13(9-17-18)11(2)16-8-12-4-6-14(15)7-5-12/h4-7,9-11,16H,3,8H2,1-2H3. The molecule has 1 aromatic carbocycles. The molecule has 0 aliphatic heterocycles. The third-order valence-corrected chi connectivity index (χ3v) is 3.25. The summed E-state index contributed by atoms with van der Waals surface area (Å²) in [4.78, 5) is 0. The Morgan fingerprint density at radius 1 is 1.33 bits per heavy atom. The van der Waals surface area contributed by atoms with Crippen LogP contribution in [0.15, 0.2) is 36.7 Å². The maximum absolute atomic E-state index is 5.86. The monoisotopic (exact) mass is 263 g/mol. The summed E-state index contributed by atoms with van der Waals surface area (Å²) in [6.07, 6.45) is 4.00. The predicted molar refractivity (Wildman–Crippen MR) is 74.6 cm³/mol. The first-order chi connectivity index (χ1) is 8.69. The van der Waals surface area contributed by atoms with Crippen molar-refractivity contribution in [1.82, 2.24) is 15.1 Å². The van der Waals surface area contributed by atoms with E-state index >= 15 is 0 Å². The number of nitrogens with one attached hydrogen (secondary N) is 1. The second-order valence-electron chi connectivity index (χ2n) is 4.36. The highest BCUT2D eigenvalue weighted by Crippen LogP contribution is 2.13. The van der Waals surface area contributed by atoms with Crippen LogP contribution in [0.1, 0.15) is 31.0 Å². The number of rotatable bonds is 5. The van der Waals surface area contributed by atoms with Crippen molar-refractivity contribution in [2.45, 2.75) is 33.0 Å². The SMILES string of the molecule is CCn1cc(C(C)NCc2ccc(Cl)cc2)cn1. The molecule has 0 radical (unpaired) electrons. The Morgan fingerprint density at radius 2 is 2.06 bits per heavy atom. The zero-order valence-corrected chi connectivity index (χ0v) is 11.5. The average Bonchev–Trinajstić information content (AvgIpc) is 2.86. The summed E-state index contributed by atoms with van der Waals surface area (Å²) in [6, 6.07) is 8.20. The first-order valence-electron chi connectivity index (χ1n) is 6.19. The molecular weight excluding hydrogens is 246 g/mol. The van der Waals surface area contributed by atoms with E-state index in [9.17, 15) is 0 Å². The Balaban J connectivity index is 1.91. The van der Waals surface area contributed by atoms with E-state index in [2.05, 4.69) is 30.5 Å². The molecule has 0 aliphatic carbocycles. The first kappa shape index (κ1) is 13.1. The van der Waals surface area contributed by atoms with Crippen LogP contribution < -0.4 is 5.32 Å². The fourth-order valence-electron chi connectivity index (χ4n) is 1.77. The lowest BCUT2D eigenvalue weighted by Gasteiger charge is -2.12. The van der Waals surface area contributed by atoms with Crippen molar-refractivity contribution >= 4 is 11.6 Å². The quantitative estimate of drug-likeness (QED) is 0.896. The Morgan fingerprint density at radius 3 is 2.67 bits per heavy atom. The molecule has 3 nitrogen and oxygen atoms in total. The van der Waals surface area contributed by atoms with E-state index < -0.39 is 0 Å². The van der Waals surface area contributed by atoms with Gasteiger partial charge < -0.3 is 5.32 Å². The van der Waals surface area contributed by atoms with Gasteiger partial charge in [0.1, 0.15) is 0 Å². The van der Waals surface area contributed by atoms with Crippen molar-refractivity contribution in [3.05, 3.63) is 52.8 Å². The second-order valence-corrected chi connectivity index (χ2v) is 4.79. The maximum Gasteiger partial charge on any atom is 0.0537 e. The maximum atomic E-state index is 5.86. The van der Waals surface area contributed by atoms with Crippen molar-refractivity contribution in [3.63, 3.8) is 0 Å². The first-order valence-corrected chi connectivity index (χ1v) is 6.57. The summed E-state index contributed by atoms with van der Waals surface area (Å²) in [5.74, 6) is 0. The fraction of sp³-hybridized carbons (Fsp3) is 0.357. The van der Waals surface area contributed by atoms with Crippen molar-refractivity contribution in [1.29, 1.82) is 0 Å². The summed E-state index contributed by atoms with van der Waals surface area (Å²) in [5.41, 5.74) is 2.44. The number of halogens is 1. The molecule has 0 amide bonds. The van der Waals surface area contributed by atoms with Crippen LogP contribution in [0.4, 0.5) is 0 Å². The van der Waals surface area contributed by atoms with Crippen molar-refractivity contribution < 1.29 is 0 Å². The molecule has 1 N–H and O–H groups in total. The number of nitrogens with zero attached hydrogens (tertiary/aromatic N) is 2. The van der Waals surface area contributed by atoms with E-state index in [1.165, 1.54) is 11.1 Å². The topological polar surface area (TPSA) is 29.9 Å². The Hall–Kier alpha value is -1.32. The van der Waals surface area contributed by atoms with Gasteiger partial charge in [-0.1, -0.05) is 23.7 Å². The largest absolute Gasteiger partial charge is 0.306 e. The normalized spacial score (nSPS) is 12.6. The Labute approximate surface area is 113 Å². The van der Waals surface area contributed by atoms with Crippen LogP contribution in [0.5, 0.6) is 0 Å².